The lowest BCUT2D eigenvalue weighted by Crippen LogP contribution is -2.26. The number of halogens is 1. The molecule has 0 N–H and O–H groups in total. The van der Waals surface area contributed by atoms with Crippen molar-refractivity contribution in [2.45, 2.75) is 19.4 Å². The van der Waals surface area contributed by atoms with E-state index in [2.05, 4.69) is 5.10 Å². The summed E-state index contributed by atoms with van der Waals surface area (Å²) in [5.41, 5.74) is 2.04. The summed E-state index contributed by atoms with van der Waals surface area (Å²) in [6, 6.07) is 7.63. The fourth-order valence-corrected chi connectivity index (χ4v) is 2.28. The second kappa shape index (κ2) is 6.57. The number of benzene rings is 1. The SMILES string of the molecule is CN(Cc1cnn(C)c1)C(=O)CCc1ccccc1Cl. The number of hydrogen-bond acceptors (Lipinski definition) is 2. The summed E-state index contributed by atoms with van der Waals surface area (Å²) >= 11 is 6.08. The Hall–Kier alpha value is -1.81. The lowest BCUT2D eigenvalue weighted by Gasteiger charge is -2.16. The van der Waals surface area contributed by atoms with Crippen molar-refractivity contribution in [1.82, 2.24) is 14.7 Å². The molecule has 1 aromatic heterocycles. The number of carbonyl (C=O) groups excluding carboxylic acids is 1. The molecule has 0 saturated heterocycles. The molecule has 106 valence electrons. The van der Waals surface area contributed by atoms with Crippen molar-refractivity contribution < 1.29 is 4.79 Å². The second-order valence-electron chi connectivity index (χ2n) is 4.86. The van der Waals surface area contributed by atoms with E-state index in [-0.39, 0.29) is 5.91 Å². The number of aromatic nitrogens is 2. The fraction of sp³-hybridized carbons (Fsp3) is 0.333. The molecule has 0 aliphatic heterocycles. The number of carbonyl (C=O) groups is 1. The number of aryl methyl sites for hydroxylation is 2. The monoisotopic (exact) mass is 291 g/mol. The van der Waals surface area contributed by atoms with Crippen molar-refractivity contribution in [2.75, 3.05) is 7.05 Å². The number of nitrogens with zero attached hydrogens (tertiary/aromatic N) is 3. The lowest BCUT2D eigenvalue weighted by molar-refractivity contribution is -0.130. The normalized spacial score (nSPS) is 10.6. The summed E-state index contributed by atoms with van der Waals surface area (Å²) in [6.45, 7) is 0.579. The second-order valence-corrected chi connectivity index (χ2v) is 5.27. The molecule has 20 heavy (non-hydrogen) atoms. The largest absolute Gasteiger partial charge is 0.341 e. The standard InChI is InChI=1S/C15H18ClN3O/c1-18(10-12-9-17-19(2)11-12)15(20)8-7-13-5-3-4-6-14(13)16/h3-6,9,11H,7-8,10H2,1-2H3. The summed E-state index contributed by atoms with van der Waals surface area (Å²) in [4.78, 5) is 13.8. The van der Waals surface area contributed by atoms with E-state index in [1.165, 1.54) is 0 Å². The molecule has 0 atom stereocenters. The summed E-state index contributed by atoms with van der Waals surface area (Å²) in [5.74, 6) is 0.105. The van der Waals surface area contributed by atoms with E-state index in [0.29, 0.717) is 19.4 Å². The first-order valence-electron chi connectivity index (χ1n) is 6.51. The highest BCUT2D eigenvalue weighted by Gasteiger charge is 2.11. The van der Waals surface area contributed by atoms with E-state index in [4.69, 9.17) is 11.6 Å². The zero-order chi connectivity index (χ0) is 14.5. The highest BCUT2D eigenvalue weighted by atomic mass is 35.5. The molecule has 1 amide bonds. The van der Waals surface area contributed by atoms with Gasteiger partial charge in [0, 0.05) is 43.8 Å². The van der Waals surface area contributed by atoms with Gasteiger partial charge in [-0.2, -0.15) is 5.10 Å². The van der Waals surface area contributed by atoms with Gasteiger partial charge in [0.25, 0.3) is 0 Å². The maximum Gasteiger partial charge on any atom is 0.222 e. The maximum atomic E-state index is 12.1. The van der Waals surface area contributed by atoms with Crippen LogP contribution in [-0.4, -0.2) is 27.6 Å². The Morgan fingerprint density at radius 1 is 1.40 bits per heavy atom. The van der Waals surface area contributed by atoms with Gasteiger partial charge in [-0.05, 0) is 18.1 Å². The highest BCUT2D eigenvalue weighted by Crippen LogP contribution is 2.17. The minimum Gasteiger partial charge on any atom is -0.341 e. The van der Waals surface area contributed by atoms with Crippen molar-refractivity contribution >= 4 is 17.5 Å². The van der Waals surface area contributed by atoms with Crippen LogP contribution in [0.2, 0.25) is 5.02 Å². The number of rotatable bonds is 5. The van der Waals surface area contributed by atoms with Crippen LogP contribution < -0.4 is 0 Å². The molecule has 1 heterocycles. The fourth-order valence-electron chi connectivity index (χ4n) is 2.05. The molecule has 0 aliphatic carbocycles. The van der Waals surface area contributed by atoms with Crippen LogP contribution in [0.15, 0.2) is 36.7 Å². The van der Waals surface area contributed by atoms with Crippen LogP contribution in [0.25, 0.3) is 0 Å². The van der Waals surface area contributed by atoms with Crippen LogP contribution in [0.1, 0.15) is 17.5 Å². The zero-order valence-electron chi connectivity index (χ0n) is 11.7. The van der Waals surface area contributed by atoms with Crippen molar-refractivity contribution in [3.8, 4) is 0 Å². The third kappa shape index (κ3) is 3.84. The minimum atomic E-state index is 0.105. The first-order valence-corrected chi connectivity index (χ1v) is 6.89. The van der Waals surface area contributed by atoms with E-state index in [9.17, 15) is 4.79 Å². The van der Waals surface area contributed by atoms with Gasteiger partial charge >= 0.3 is 0 Å². The molecular formula is C15H18ClN3O. The molecule has 2 rings (SSSR count). The van der Waals surface area contributed by atoms with Crippen molar-refractivity contribution in [3.05, 3.63) is 52.8 Å². The Balaban J connectivity index is 1.87. The predicted octanol–water partition coefficient (Wildman–Crippen LogP) is 2.66. The third-order valence-corrected chi connectivity index (χ3v) is 3.54. The van der Waals surface area contributed by atoms with Gasteiger partial charge in [0.2, 0.25) is 5.91 Å². The number of hydrogen-bond donors (Lipinski definition) is 0. The van der Waals surface area contributed by atoms with Crippen molar-refractivity contribution in [3.63, 3.8) is 0 Å². The highest BCUT2D eigenvalue weighted by molar-refractivity contribution is 6.31. The molecule has 5 heteroatoms. The van der Waals surface area contributed by atoms with Crippen LogP contribution >= 0.6 is 11.6 Å². The van der Waals surface area contributed by atoms with Crippen molar-refractivity contribution in [2.24, 2.45) is 7.05 Å². The Morgan fingerprint density at radius 3 is 2.80 bits per heavy atom. The molecule has 0 spiro atoms. The van der Waals surface area contributed by atoms with Gasteiger partial charge in [-0.3, -0.25) is 9.48 Å². The Labute approximate surface area is 124 Å². The first kappa shape index (κ1) is 14.6. The molecule has 1 aromatic carbocycles. The van der Waals surface area contributed by atoms with Crippen molar-refractivity contribution in [1.29, 1.82) is 0 Å². The molecular weight excluding hydrogens is 274 g/mol. The molecule has 0 radical (unpaired) electrons. The van der Waals surface area contributed by atoms with Gasteiger partial charge in [-0.1, -0.05) is 29.8 Å². The lowest BCUT2D eigenvalue weighted by atomic mass is 10.1. The van der Waals surface area contributed by atoms with Crippen LogP contribution in [0.4, 0.5) is 0 Å². The van der Waals surface area contributed by atoms with Gasteiger partial charge in [-0.25, -0.2) is 0 Å². The Bertz CT molecular complexity index is 594. The topological polar surface area (TPSA) is 38.1 Å². The first-order chi connectivity index (χ1) is 9.56. The Kier molecular flexibility index (Phi) is 4.79. The Morgan fingerprint density at radius 2 is 2.15 bits per heavy atom. The van der Waals surface area contributed by atoms with Gasteiger partial charge in [-0.15, -0.1) is 0 Å². The molecule has 4 nitrogen and oxygen atoms in total. The van der Waals surface area contributed by atoms with Crippen LogP contribution in [0.5, 0.6) is 0 Å². The smallest absolute Gasteiger partial charge is 0.222 e. The van der Waals surface area contributed by atoms with E-state index in [0.717, 1.165) is 16.1 Å². The maximum absolute atomic E-state index is 12.1. The zero-order valence-corrected chi connectivity index (χ0v) is 12.5. The summed E-state index contributed by atoms with van der Waals surface area (Å²) < 4.78 is 1.73. The third-order valence-electron chi connectivity index (χ3n) is 3.17. The van der Waals surface area contributed by atoms with E-state index >= 15 is 0 Å². The minimum absolute atomic E-state index is 0.105. The van der Waals surface area contributed by atoms with E-state index in [1.807, 2.05) is 44.6 Å². The molecule has 0 saturated carbocycles. The summed E-state index contributed by atoms with van der Waals surface area (Å²) in [7, 11) is 3.67. The van der Waals surface area contributed by atoms with Gasteiger partial charge in [0.1, 0.15) is 0 Å². The predicted molar refractivity (Wildman–Crippen MR) is 79.5 cm³/mol. The van der Waals surface area contributed by atoms with Crippen LogP contribution in [0.3, 0.4) is 0 Å². The quantitative estimate of drug-likeness (QED) is 0.849. The molecule has 0 bridgehead atoms. The summed E-state index contributed by atoms with van der Waals surface area (Å²) in [5, 5.41) is 4.81. The van der Waals surface area contributed by atoms with E-state index < -0.39 is 0 Å². The summed E-state index contributed by atoms with van der Waals surface area (Å²) in [6.07, 6.45) is 4.81. The van der Waals surface area contributed by atoms with E-state index in [1.54, 1.807) is 15.8 Å². The van der Waals surface area contributed by atoms with Gasteiger partial charge < -0.3 is 4.90 Å². The van der Waals surface area contributed by atoms with Gasteiger partial charge in [0.15, 0.2) is 0 Å². The molecule has 0 fully saturated rings. The van der Waals surface area contributed by atoms with Crippen LogP contribution in [0, 0.1) is 0 Å². The molecule has 2 aromatic rings. The average Bonchev–Trinajstić information content (AvgIpc) is 2.82. The van der Waals surface area contributed by atoms with Crippen LogP contribution in [-0.2, 0) is 24.8 Å². The molecule has 0 unspecified atom stereocenters. The average molecular weight is 292 g/mol. The number of amides is 1. The molecule has 0 aliphatic rings. The van der Waals surface area contributed by atoms with Gasteiger partial charge in [0.05, 0.1) is 6.20 Å².